The van der Waals surface area contributed by atoms with Gasteiger partial charge in [-0.3, -0.25) is 0 Å². The zero-order valence-electron chi connectivity index (χ0n) is 15.3. The summed E-state index contributed by atoms with van der Waals surface area (Å²) in [6.45, 7) is -0.0528. The molecule has 1 atom stereocenters. The summed E-state index contributed by atoms with van der Waals surface area (Å²) >= 11 is 0.263. The van der Waals surface area contributed by atoms with Gasteiger partial charge in [-0.05, 0) is 18.2 Å². The van der Waals surface area contributed by atoms with Crippen molar-refractivity contribution in [3.8, 4) is 11.6 Å². The van der Waals surface area contributed by atoms with Gasteiger partial charge in [-0.2, -0.15) is 26.3 Å². The Balaban J connectivity index is 1.65. The van der Waals surface area contributed by atoms with Crippen LogP contribution in [0.2, 0.25) is 0 Å². The van der Waals surface area contributed by atoms with Gasteiger partial charge >= 0.3 is 12.4 Å². The van der Waals surface area contributed by atoms with Gasteiger partial charge in [0.25, 0.3) is 0 Å². The molecule has 1 aromatic carbocycles. The van der Waals surface area contributed by atoms with E-state index in [-0.39, 0.29) is 52.4 Å². The van der Waals surface area contributed by atoms with Crippen LogP contribution in [-0.2, 0) is 16.5 Å². The van der Waals surface area contributed by atoms with Crippen LogP contribution in [0.15, 0.2) is 42.6 Å². The predicted octanol–water partition coefficient (Wildman–Crippen LogP) is 5.67. The minimum absolute atomic E-state index is 0.0528. The summed E-state index contributed by atoms with van der Waals surface area (Å²) < 4.78 is 89.9. The van der Waals surface area contributed by atoms with Gasteiger partial charge < -0.3 is 14.8 Å². The second kappa shape index (κ2) is 7.64. The predicted molar refractivity (Wildman–Crippen MR) is 97.2 cm³/mol. The Labute approximate surface area is 174 Å². The minimum Gasteiger partial charge on any atom is -0.437 e. The third-order valence-electron chi connectivity index (χ3n) is 4.47. The Morgan fingerprint density at radius 3 is 2.39 bits per heavy atom. The lowest BCUT2D eigenvalue weighted by atomic mass is 9.85. The topological polar surface area (TPSA) is 69.2 Å². The first-order valence-electron chi connectivity index (χ1n) is 8.71. The Hall–Kier alpha value is -2.93. The largest absolute Gasteiger partial charge is 0.445 e. The average molecular weight is 462 g/mol. The van der Waals surface area contributed by atoms with E-state index in [9.17, 15) is 26.3 Å². The van der Waals surface area contributed by atoms with E-state index in [4.69, 9.17) is 9.47 Å². The molecule has 31 heavy (non-hydrogen) atoms. The summed E-state index contributed by atoms with van der Waals surface area (Å²) in [6.07, 6.45) is -8.27. The van der Waals surface area contributed by atoms with Gasteiger partial charge in [0.1, 0.15) is 11.4 Å². The van der Waals surface area contributed by atoms with Gasteiger partial charge in [0.2, 0.25) is 16.0 Å². The fourth-order valence-electron chi connectivity index (χ4n) is 2.96. The molecule has 0 aliphatic carbocycles. The monoisotopic (exact) mass is 462 g/mol. The first-order chi connectivity index (χ1) is 14.6. The molecule has 1 saturated heterocycles. The Morgan fingerprint density at radius 1 is 1.03 bits per heavy atom. The number of nitrogens with zero attached hydrogens (tertiary/aromatic N) is 3. The van der Waals surface area contributed by atoms with Gasteiger partial charge in [-0.15, -0.1) is 10.2 Å². The molecule has 0 amide bonds. The summed E-state index contributed by atoms with van der Waals surface area (Å²) in [5.74, 6) is -0.301. The van der Waals surface area contributed by atoms with Crippen molar-refractivity contribution in [3.05, 3.63) is 53.2 Å². The first kappa shape index (κ1) is 21.3. The minimum atomic E-state index is -4.67. The van der Waals surface area contributed by atoms with Crippen LogP contribution >= 0.6 is 11.3 Å². The molecule has 1 unspecified atom stereocenters. The highest BCUT2D eigenvalue weighted by atomic mass is 32.1. The maximum Gasteiger partial charge on any atom is 0.445 e. The second-order valence-electron chi connectivity index (χ2n) is 6.41. The molecule has 1 aliphatic heterocycles. The molecular formula is C18H12F6N4O2S. The maximum absolute atomic E-state index is 13.7. The molecule has 4 rings (SSSR count). The molecular weight excluding hydrogens is 450 g/mol. The number of halogens is 6. The van der Waals surface area contributed by atoms with E-state index in [1.165, 1.54) is 42.6 Å². The highest BCUT2D eigenvalue weighted by Crippen LogP contribution is 2.53. The van der Waals surface area contributed by atoms with E-state index in [1.807, 2.05) is 0 Å². The van der Waals surface area contributed by atoms with Crippen molar-refractivity contribution in [2.45, 2.75) is 24.4 Å². The number of nitrogens with one attached hydrogen (secondary N) is 1. The molecule has 1 aliphatic rings. The molecule has 13 heteroatoms. The molecule has 0 radical (unpaired) electrons. The number of anilines is 2. The summed E-state index contributed by atoms with van der Waals surface area (Å²) in [4.78, 5) is 3.98. The van der Waals surface area contributed by atoms with Crippen LogP contribution in [0.1, 0.15) is 17.0 Å². The Bertz CT molecular complexity index is 1080. The molecule has 0 bridgehead atoms. The summed E-state index contributed by atoms with van der Waals surface area (Å²) in [5, 5.41) is 7.76. The summed E-state index contributed by atoms with van der Waals surface area (Å²) in [5.41, 5.74) is -2.62. The molecule has 0 saturated carbocycles. The highest BCUT2D eigenvalue weighted by Gasteiger charge is 2.62. The van der Waals surface area contributed by atoms with Crippen LogP contribution in [0, 0.1) is 0 Å². The molecule has 3 aromatic rings. The number of hydrogen-bond donors (Lipinski definition) is 1. The SMILES string of the molecule is FC(F)(F)c1nnc(Nc2cccnc2Oc2ccccc2C2(C(F)(F)F)CCO2)s1. The van der Waals surface area contributed by atoms with E-state index in [2.05, 4.69) is 20.5 Å². The van der Waals surface area contributed by atoms with Crippen molar-refractivity contribution in [2.24, 2.45) is 0 Å². The smallest absolute Gasteiger partial charge is 0.437 e. The summed E-state index contributed by atoms with van der Waals surface area (Å²) in [6, 6.07) is 8.39. The molecule has 0 spiro atoms. The van der Waals surface area contributed by atoms with Crippen molar-refractivity contribution in [1.82, 2.24) is 15.2 Å². The quantitative estimate of drug-likeness (QED) is 0.493. The van der Waals surface area contributed by atoms with Crippen molar-refractivity contribution in [3.63, 3.8) is 0 Å². The lowest BCUT2D eigenvalue weighted by molar-refractivity contribution is -0.333. The molecule has 6 nitrogen and oxygen atoms in total. The van der Waals surface area contributed by atoms with Crippen LogP contribution in [-0.4, -0.2) is 28.0 Å². The maximum atomic E-state index is 13.7. The van der Waals surface area contributed by atoms with Crippen molar-refractivity contribution in [2.75, 3.05) is 11.9 Å². The standard InChI is InChI=1S/C18H12F6N4O2S/c19-17(20,21)14-27-28-15(31-14)26-11-5-3-8-25-13(11)30-12-6-2-1-4-10(12)16(7-9-29-16)18(22,23)24/h1-6,8H,7,9H2,(H,26,28). The number of rotatable bonds is 5. The summed E-state index contributed by atoms with van der Waals surface area (Å²) in [7, 11) is 0. The first-order valence-corrected chi connectivity index (χ1v) is 9.52. The van der Waals surface area contributed by atoms with E-state index in [0.29, 0.717) is 0 Å². The third-order valence-corrected chi connectivity index (χ3v) is 5.35. The zero-order chi connectivity index (χ0) is 22.3. The fraction of sp³-hybridized carbons (Fsp3) is 0.278. The fourth-order valence-corrected chi connectivity index (χ4v) is 3.58. The molecule has 164 valence electrons. The molecule has 3 heterocycles. The number of aromatic nitrogens is 3. The normalized spacial score (nSPS) is 19.0. The van der Waals surface area contributed by atoms with E-state index < -0.39 is 23.0 Å². The van der Waals surface area contributed by atoms with Gasteiger partial charge in [-0.1, -0.05) is 29.5 Å². The van der Waals surface area contributed by atoms with E-state index >= 15 is 0 Å². The number of hydrogen-bond acceptors (Lipinski definition) is 7. The zero-order valence-corrected chi connectivity index (χ0v) is 16.1. The van der Waals surface area contributed by atoms with Gasteiger partial charge in [0, 0.05) is 18.2 Å². The van der Waals surface area contributed by atoms with Gasteiger partial charge in [-0.25, -0.2) is 4.98 Å². The van der Waals surface area contributed by atoms with Crippen LogP contribution in [0.4, 0.5) is 37.2 Å². The number of alkyl halides is 6. The average Bonchev–Trinajstić information content (AvgIpc) is 3.12. The molecule has 2 aromatic heterocycles. The van der Waals surface area contributed by atoms with E-state index in [1.54, 1.807) is 0 Å². The van der Waals surface area contributed by atoms with Crippen molar-refractivity contribution in [1.29, 1.82) is 0 Å². The van der Waals surface area contributed by atoms with Gasteiger partial charge in [0.15, 0.2) is 5.60 Å². The Morgan fingerprint density at radius 2 is 1.77 bits per heavy atom. The Kier molecular flexibility index (Phi) is 5.25. The van der Waals surface area contributed by atoms with Crippen molar-refractivity contribution >= 4 is 22.2 Å². The third kappa shape index (κ3) is 4.02. The van der Waals surface area contributed by atoms with Crippen LogP contribution < -0.4 is 10.1 Å². The number of pyridine rings is 1. The lowest BCUT2D eigenvalue weighted by Gasteiger charge is -2.43. The van der Waals surface area contributed by atoms with Crippen LogP contribution in [0.5, 0.6) is 11.6 Å². The van der Waals surface area contributed by atoms with Crippen LogP contribution in [0.3, 0.4) is 0 Å². The van der Waals surface area contributed by atoms with Gasteiger partial charge in [0.05, 0.1) is 6.61 Å². The van der Waals surface area contributed by atoms with Crippen LogP contribution in [0.25, 0.3) is 0 Å². The van der Waals surface area contributed by atoms with E-state index in [0.717, 1.165) is 0 Å². The van der Waals surface area contributed by atoms with Crippen molar-refractivity contribution < 1.29 is 35.8 Å². The lowest BCUT2D eigenvalue weighted by Crippen LogP contribution is -2.52. The number of benzene rings is 1. The number of para-hydroxylation sites is 1. The number of ether oxygens (including phenoxy) is 2. The second-order valence-corrected chi connectivity index (χ2v) is 7.39. The molecule has 1 fully saturated rings. The molecule has 1 N–H and O–H groups in total. The highest BCUT2D eigenvalue weighted by molar-refractivity contribution is 7.15.